The first kappa shape index (κ1) is 23.8. The molecule has 0 saturated carbocycles. The van der Waals surface area contributed by atoms with Crippen molar-refractivity contribution in [3.05, 3.63) is 95.1 Å². The third-order valence-corrected chi connectivity index (χ3v) is 6.62. The number of thiazole rings is 1. The molecular formula is C25H21BrN2O5S. The first-order valence-electron chi connectivity index (χ1n) is 10.5. The number of ether oxygens (including phenoxy) is 2. The van der Waals surface area contributed by atoms with E-state index in [1.165, 1.54) is 22.8 Å². The molecule has 34 heavy (non-hydrogen) atoms. The van der Waals surface area contributed by atoms with Gasteiger partial charge in [0.05, 0.1) is 28.5 Å². The van der Waals surface area contributed by atoms with Gasteiger partial charge in [-0.25, -0.2) is 9.79 Å². The molecule has 0 N–H and O–H groups in total. The van der Waals surface area contributed by atoms with Crippen molar-refractivity contribution in [2.45, 2.75) is 26.8 Å². The summed E-state index contributed by atoms with van der Waals surface area (Å²) in [4.78, 5) is 43.1. The summed E-state index contributed by atoms with van der Waals surface area (Å²) >= 11 is 4.63. The Morgan fingerprint density at radius 1 is 1.21 bits per heavy atom. The maximum absolute atomic E-state index is 13.6. The molecule has 174 valence electrons. The normalized spacial score (nSPS) is 15.5. The molecule has 0 amide bonds. The van der Waals surface area contributed by atoms with Crippen LogP contribution < -0.4 is 19.6 Å². The molecule has 0 bridgehead atoms. The summed E-state index contributed by atoms with van der Waals surface area (Å²) in [6, 6.07) is 13.8. The molecule has 0 unspecified atom stereocenters. The molecule has 9 heteroatoms. The van der Waals surface area contributed by atoms with E-state index in [2.05, 4.69) is 20.9 Å². The predicted molar refractivity (Wildman–Crippen MR) is 132 cm³/mol. The Kier molecular flexibility index (Phi) is 6.95. The lowest BCUT2D eigenvalue weighted by Crippen LogP contribution is -2.39. The number of hydrogen-bond donors (Lipinski definition) is 0. The number of aromatic nitrogens is 1. The standard InChI is InChI=1S/C25H21BrN2O5S/c1-4-32-24(31)21-14(2)27-25-28(22(21)16-8-6-5-7-9-16)23(30)20(34-25)13-17-12-18(26)10-11-19(17)33-15(3)29/h5-13,22H,4H2,1-3H3/b20-13-/t22-/m0/s1. The highest BCUT2D eigenvalue weighted by atomic mass is 79.9. The molecule has 0 aliphatic carbocycles. The van der Waals surface area contributed by atoms with Gasteiger partial charge in [-0.2, -0.15) is 0 Å². The van der Waals surface area contributed by atoms with E-state index in [9.17, 15) is 14.4 Å². The van der Waals surface area contributed by atoms with Gasteiger partial charge in [0, 0.05) is 17.0 Å². The van der Waals surface area contributed by atoms with Crippen molar-refractivity contribution in [2.24, 2.45) is 4.99 Å². The number of carbonyl (C=O) groups excluding carboxylic acids is 2. The molecule has 0 radical (unpaired) electrons. The summed E-state index contributed by atoms with van der Waals surface area (Å²) in [6.45, 7) is 5.01. The first-order valence-corrected chi connectivity index (χ1v) is 12.1. The van der Waals surface area contributed by atoms with Gasteiger partial charge in [0.2, 0.25) is 0 Å². The van der Waals surface area contributed by atoms with Gasteiger partial charge in [-0.15, -0.1) is 0 Å². The zero-order valence-corrected chi connectivity index (χ0v) is 21.1. The Bertz CT molecular complexity index is 1490. The fraction of sp³-hybridized carbons (Fsp3) is 0.200. The summed E-state index contributed by atoms with van der Waals surface area (Å²) in [5.41, 5.74) is 1.86. The average molecular weight is 541 g/mol. The monoisotopic (exact) mass is 540 g/mol. The lowest BCUT2D eigenvalue weighted by atomic mass is 9.96. The summed E-state index contributed by atoms with van der Waals surface area (Å²) in [5, 5.41) is 0. The zero-order valence-electron chi connectivity index (χ0n) is 18.7. The quantitative estimate of drug-likeness (QED) is 0.365. The van der Waals surface area contributed by atoms with E-state index in [4.69, 9.17) is 9.47 Å². The van der Waals surface area contributed by atoms with Crippen molar-refractivity contribution in [3.8, 4) is 5.75 Å². The largest absolute Gasteiger partial charge is 0.463 e. The summed E-state index contributed by atoms with van der Waals surface area (Å²) in [7, 11) is 0. The number of nitrogens with zero attached hydrogens (tertiary/aromatic N) is 2. The van der Waals surface area contributed by atoms with E-state index in [-0.39, 0.29) is 12.2 Å². The van der Waals surface area contributed by atoms with E-state index in [1.54, 1.807) is 38.1 Å². The van der Waals surface area contributed by atoms with Gasteiger partial charge < -0.3 is 9.47 Å². The van der Waals surface area contributed by atoms with E-state index in [0.717, 1.165) is 10.0 Å². The van der Waals surface area contributed by atoms with Crippen LogP contribution in [-0.2, 0) is 14.3 Å². The van der Waals surface area contributed by atoms with Crippen molar-refractivity contribution in [1.29, 1.82) is 0 Å². The molecule has 1 aliphatic heterocycles. The molecule has 4 rings (SSSR count). The highest BCUT2D eigenvalue weighted by molar-refractivity contribution is 9.10. The smallest absolute Gasteiger partial charge is 0.338 e. The molecule has 1 aromatic heterocycles. The third kappa shape index (κ3) is 4.67. The molecule has 7 nitrogen and oxygen atoms in total. The van der Waals surface area contributed by atoms with Gasteiger partial charge in [-0.3, -0.25) is 14.2 Å². The van der Waals surface area contributed by atoms with Crippen LogP contribution in [0.5, 0.6) is 5.75 Å². The van der Waals surface area contributed by atoms with Crippen LogP contribution in [0.1, 0.15) is 37.9 Å². The van der Waals surface area contributed by atoms with Crippen LogP contribution in [0.25, 0.3) is 6.08 Å². The number of fused-ring (bicyclic) bond motifs is 1. The van der Waals surface area contributed by atoms with Crippen LogP contribution in [0.3, 0.4) is 0 Å². The van der Waals surface area contributed by atoms with Gasteiger partial charge >= 0.3 is 11.9 Å². The fourth-order valence-corrected chi connectivity index (χ4v) is 5.18. The number of carbonyl (C=O) groups is 2. The van der Waals surface area contributed by atoms with Crippen LogP contribution in [0.2, 0.25) is 0 Å². The second-order valence-electron chi connectivity index (χ2n) is 7.49. The van der Waals surface area contributed by atoms with Gasteiger partial charge in [0.1, 0.15) is 5.75 Å². The molecule has 2 aromatic carbocycles. The summed E-state index contributed by atoms with van der Waals surface area (Å²) in [5.74, 6) is -0.627. The van der Waals surface area contributed by atoms with Crippen LogP contribution in [0.4, 0.5) is 0 Å². The molecular weight excluding hydrogens is 520 g/mol. The Morgan fingerprint density at radius 3 is 2.62 bits per heavy atom. The van der Waals surface area contributed by atoms with Crippen LogP contribution >= 0.6 is 27.3 Å². The minimum Gasteiger partial charge on any atom is -0.463 e. The van der Waals surface area contributed by atoms with E-state index in [1.807, 2.05) is 30.3 Å². The molecule has 1 aliphatic rings. The zero-order chi connectivity index (χ0) is 24.4. The maximum Gasteiger partial charge on any atom is 0.338 e. The number of benzene rings is 2. The molecule has 2 heterocycles. The number of rotatable bonds is 5. The second-order valence-corrected chi connectivity index (χ2v) is 9.41. The summed E-state index contributed by atoms with van der Waals surface area (Å²) in [6.07, 6.45) is 1.66. The van der Waals surface area contributed by atoms with Crippen molar-refractivity contribution in [3.63, 3.8) is 0 Å². The number of hydrogen-bond acceptors (Lipinski definition) is 7. The highest BCUT2D eigenvalue weighted by Crippen LogP contribution is 2.30. The van der Waals surface area contributed by atoms with E-state index < -0.39 is 18.0 Å². The van der Waals surface area contributed by atoms with Gasteiger partial charge in [0.15, 0.2) is 4.80 Å². The third-order valence-electron chi connectivity index (χ3n) is 5.14. The van der Waals surface area contributed by atoms with Crippen molar-refractivity contribution in [2.75, 3.05) is 6.61 Å². The molecule has 3 aromatic rings. The molecule has 0 saturated heterocycles. The SMILES string of the molecule is CCOC(=O)C1=C(C)N=c2s/c(=C\c3cc(Br)ccc3OC(C)=O)c(=O)n2[C@H]1c1ccccc1. The lowest BCUT2D eigenvalue weighted by molar-refractivity contribution is -0.139. The number of halogens is 1. The number of allylic oxidation sites excluding steroid dienone is 1. The lowest BCUT2D eigenvalue weighted by Gasteiger charge is -2.24. The fourth-order valence-electron chi connectivity index (χ4n) is 3.76. The maximum atomic E-state index is 13.6. The van der Waals surface area contributed by atoms with E-state index in [0.29, 0.717) is 31.9 Å². The van der Waals surface area contributed by atoms with Crippen LogP contribution in [-0.4, -0.2) is 23.1 Å². The Balaban J connectivity index is 1.95. The van der Waals surface area contributed by atoms with Crippen molar-refractivity contribution >= 4 is 45.3 Å². The molecule has 0 fully saturated rings. The Hall–Kier alpha value is -3.30. The molecule has 1 atom stereocenters. The Morgan fingerprint density at radius 2 is 1.94 bits per heavy atom. The van der Waals surface area contributed by atoms with Crippen molar-refractivity contribution in [1.82, 2.24) is 4.57 Å². The molecule has 0 spiro atoms. The van der Waals surface area contributed by atoms with Crippen LogP contribution in [0, 0.1) is 0 Å². The predicted octanol–water partition coefficient (Wildman–Crippen LogP) is 3.49. The first-order chi connectivity index (χ1) is 16.3. The second kappa shape index (κ2) is 9.90. The average Bonchev–Trinajstić information content (AvgIpc) is 3.09. The van der Waals surface area contributed by atoms with Gasteiger partial charge in [-0.05, 0) is 43.7 Å². The van der Waals surface area contributed by atoms with Crippen LogP contribution in [0.15, 0.2) is 74.1 Å². The van der Waals surface area contributed by atoms with Gasteiger partial charge in [0.25, 0.3) is 5.56 Å². The minimum atomic E-state index is -0.672. The Labute approximate surface area is 207 Å². The minimum absolute atomic E-state index is 0.212. The van der Waals surface area contributed by atoms with Gasteiger partial charge in [-0.1, -0.05) is 57.6 Å². The topological polar surface area (TPSA) is 87.0 Å². The van der Waals surface area contributed by atoms with Crippen molar-refractivity contribution < 1.29 is 19.1 Å². The highest BCUT2D eigenvalue weighted by Gasteiger charge is 2.33. The number of esters is 2. The summed E-state index contributed by atoms with van der Waals surface area (Å²) < 4.78 is 13.3. The van der Waals surface area contributed by atoms with E-state index >= 15 is 0 Å².